The Balaban J connectivity index is 1.52. The number of nitro groups is 1. The number of hydrogen-bond donors (Lipinski definition) is 4. The van der Waals surface area contributed by atoms with Gasteiger partial charge >= 0.3 is 5.69 Å². The van der Waals surface area contributed by atoms with E-state index < -0.39 is 34.1 Å². The number of carbonyl (C=O) groups excluding carboxylic acids is 2. The van der Waals surface area contributed by atoms with E-state index in [1.807, 2.05) is 0 Å². The molecule has 0 aliphatic carbocycles. The van der Waals surface area contributed by atoms with Crippen molar-refractivity contribution < 1.29 is 23.3 Å². The lowest BCUT2D eigenvalue weighted by atomic mass is 10.1. The summed E-state index contributed by atoms with van der Waals surface area (Å²) in [6, 6.07) is 8.25. The molecule has 0 fully saturated rings. The third-order valence-electron chi connectivity index (χ3n) is 5.28. The lowest BCUT2D eigenvalue weighted by molar-refractivity contribution is -0.383. The second-order valence-corrected chi connectivity index (χ2v) is 7.97. The number of hydrogen-bond acceptors (Lipinski definition) is 8. The Hall–Kier alpha value is -4.68. The Morgan fingerprint density at radius 3 is 1.62 bits per heavy atom. The Morgan fingerprint density at radius 2 is 1.24 bits per heavy atom. The molecule has 13 heteroatoms. The van der Waals surface area contributed by atoms with Gasteiger partial charge in [-0.15, -0.1) is 0 Å². The topological polar surface area (TPSA) is 151 Å². The molecule has 2 amide bonds. The highest BCUT2D eigenvalue weighted by Gasteiger charge is 2.22. The van der Waals surface area contributed by atoms with Crippen molar-refractivity contribution in [3.8, 4) is 0 Å². The smallest absolute Gasteiger partial charge is 0.353 e. The predicted molar refractivity (Wildman–Crippen MR) is 133 cm³/mol. The summed E-state index contributed by atoms with van der Waals surface area (Å²) in [4.78, 5) is 43.1. The molecule has 0 aliphatic rings. The van der Waals surface area contributed by atoms with Crippen molar-refractivity contribution in [3.05, 3.63) is 86.7 Å². The molecular weight excluding hydrogens is 488 g/mol. The van der Waals surface area contributed by atoms with E-state index in [9.17, 15) is 28.5 Å². The van der Waals surface area contributed by atoms with E-state index in [1.165, 1.54) is 24.3 Å². The van der Waals surface area contributed by atoms with Crippen LogP contribution in [-0.4, -0.2) is 52.9 Å². The summed E-state index contributed by atoms with van der Waals surface area (Å²) in [7, 11) is 0. The van der Waals surface area contributed by atoms with Crippen molar-refractivity contribution in [1.82, 2.24) is 20.6 Å². The highest BCUT2D eigenvalue weighted by molar-refractivity contribution is 5.94. The first-order valence-corrected chi connectivity index (χ1v) is 11.2. The average Bonchev–Trinajstić information content (AvgIpc) is 2.87. The SMILES string of the molecule is Cc1ccc(C(=O)NCCNc2ncnc(NCCNC(=O)c3ccc(C)c(F)c3)c2[N+](=O)[O-])cc1F. The molecule has 3 rings (SSSR count). The first kappa shape index (κ1) is 26.9. The van der Waals surface area contributed by atoms with E-state index in [0.29, 0.717) is 11.1 Å². The second-order valence-electron chi connectivity index (χ2n) is 7.97. The number of amides is 2. The fraction of sp³-hybridized carbons (Fsp3) is 0.250. The minimum absolute atomic E-state index is 0.0719. The molecule has 4 N–H and O–H groups in total. The molecular formula is C24H25F2N7O4. The van der Waals surface area contributed by atoms with Crippen LogP contribution < -0.4 is 21.3 Å². The van der Waals surface area contributed by atoms with Gasteiger partial charge in [-0.05, 0) is 49.2 Å². The molecule has 0 atom stereocenters. The van der Waals surface area contributed by atoms with Crippen LogP contribution in [0.1, 0.15) is 31.8 Å². The van der Waals surface area contributed by atoms with Gasteiger partial charge in [0.25, 0.3) is 11.8 Å². The molecule has 0 aliphatic heterocycles. The fourth-order valence-electron chi connectivity index (χ4n) is 3.20. The van der Waals surface area contributed by atoms with Gasteiger partial charge in [0.1, 0.15) is 18.0 Å². The van der Waals surface area contributed by atoms with Crippen LogP contribution in [0.15, 0.2) is 42.7 Å². The molecule has 0 unspecified atom stereocenters. The van der Waals surface area contributed by atoms with Crippen LogP contribution in [0.2, 0.25) is 0 Å². The fourth-order valence-corrected chi connectivity index (χ4v) is 3.20. The zero-order valence-electron chi connectivity index (χ0n) is 20.1. The van der Waals surface area contributed by atoms with E-state index in [1.54, 1.807) is 13.8 Å². The van der Waals surface area contributed by atoms with Gasteiger partial charge in [0.05, 0.1) is 4.92 Å². The molecule has 2 aromatic carbocycles. The van der Waals surface area contributed by atoms with Crippen molar-refractivity contribution in [2.45, 2.75) is 13.8 Å². The lowest BCUT2D eigenvalue weighted by Gasteiger charge is -2.11. The molecule has 194 valence electrons. The van der Waals surface area contributed by atoms with Crippen LogP contribution in [-0.2, 0) is 0 Å². The second kappa shape index (κ2) is 12.3. The van der Waals surface area contributed by atoms with Gasteiger partial charge in [0.2, 0.25) is 11.6 Å². The largest absolute Gasteiger partial charge is 0.362 e. The summed E-state index contributed by atoms with van der Waals surface area (Å²) in [5, 5.41) is 22.4. The van der Waals surface area contributed by atoms with Crippen molar-refractivity contribution in [2.75, 3.05) is 36.8 Å². The normalized spacial score (nSPS) is 10.5. The van der Waals surface area contributed by atoms with Gasteiger partial charge in [0.15, 0.2) is 0 Å². The summed E-state index contributed by atoms with van der Waals surface area (Å²) >= 11 is 0. The van der Waals surface area contributed by atoms with Crippen LogP contribution >= 0.6 is 0 Å². The summed E-state index contributed by atoms with van der Waals surface area (Å²) in [5.41, 5.74) is 0.733. The third-order valence-corrected chi connectivity index (χ3v) is 5.28. The molecule has 0 radical (unpaired) electrons. The summed E-state index contributed by atoms with van der Waals surface area (Å²) in [6.45, 7) is 3.54. The van der Waals surface area contributed by atoms with E-state index >= 15 is 0 Å². The van der Waals surface area contributed by atoms with E-state index in [-0.39, 0.29) is 48.9 Å². The van der Waals surface area contributed by atoms with Gasteiger partial charge in [-0.1, -0.05) is 12.1 Å². The number of aryl methyl sites for hydroxylation is 2. The number of carbonyl (C=O) groups is 2. The van der Waals surface area contributed by atoms with Crippen molar-refractivity contribution in [3.63, 3.8) is 0 Å². The number of rotatable bonds is 11. The van der Waals surface area contributed by atoms with E-state index in [2.05, 4.69) is 31.2 Å². The first-order chi connectivity index (χ1) is 17.7. The van der Waals surface area contributed by atoms with E-state index in [0.717, 1.165) is 18.5 Å². The van der Waals surface area contributed by atoms with Gasteiger partial charge in [-0.2, -0.15) is 0 Å². The van der Waals surface area contributed by atoms with Crippen LogP contribution in [0.5, 0.6) is 0 Å². The van der Waals surface area contributed by atoms with Crippen molar-refractivity contribution >= 4 is 29.1 Å². The molecule has 11 nitrogen and oxygen atoms in total. The number of anilines is 2. The van der Waals surface area contributed by atoms with Crippen LogP contribution in [0.4, 0.5) is 26.1 Å². The molecule has 1 aromatic heterocycles. The van der Waals surface area contributed by atoms with E-state index in [4.69, 9.17) is 0 Å². The Kier molecular flexibility index (Phi) is 8.97. The number of nitrogens with one attached hydrogen (secondary N) is 4. The minimum Gasteiger partial charge on any atom is -0.362 e. The Labute approximate surface area is 210 Å². The van der Waals surface area contributed by atoms with Gasteiger partial charge in [0, 0.05) is 37.3 Å². The van der Waals surface area contributed by atoms with Crippen LogP contribution in [0.3, 0.4) is 0 Å². The monoisotopic (exact) mass is 513 g/mol. The molecule has 0 saturated heterocycles. The zero-order chi connectivity index (χ0) is 26.9. The lowest BCUT2D eigenvalue weighted by Crippen LogP contribution is -2.29. The third kappa shape index (κ3) is 7.16. The predicted octanol–water partition coefficient (Wildman–Crippen LogP) is 2.96. The maximum atomic E-state index is 13.7. The van der Waals surface area contributed by atoms with Gasteiger partial charge in [-0.3, -0.25) is 19.7 Å². The number of halogens is 2. The standard InChI is InChI=1S/C24H25F2N7O4/c1-14-3-5-16(11-18(14)25)23(34)29-9-7-27-21-20(33(36)37)22(32-13-31-21)28-8-10-30-24(35)17-6-4-15(2)19(26)12-17/h3-6,11-13H,7-10H2,1-2H3,(H,29,34)(H,30,35)(H2,27,28,31,32). The van der Waals surface area contributed by atoms with Gasteiger partial charge in [-0.25, -0.2) is 18.7 Å². The summed E-state index contributed by atoms with van der Waals surface area (Å²) < 4.78 is 27.3. The van der Waals surface area contributed by atoms with Gasteiger partial charge < -0.3 is 21.3 Å². The highest BCUT2D eigenvalue weighted by Crippen LogP contribution is 2.28. The summed E-state index contributed by atoms with van der Waals surface area (Å²) in [5.74, 6) is -2.11. The molecule has 0 spiro atoms. The van der Waals surface area contributed by atoms with Crippen molar-refractivity contribution in [2.24, 2.45) is 0 Å². The summed E-state index contributed by atoms with van der Waals surface area (Å²) in [6.07, 6.45) is 1.12. The van der Waals surface area contributed by atoms with Crippen LogP contribution in [0.25, 0.3) is 0 Å². The Morgan fingerprint density at radius 1 is 0.811 bits per heavy atom. The minimum atomic E-state index is -0.661. The highest BCUT2D eigenvalue weighted by atomic mass is 19.1. The first-order valence-electron chi connectivity index (χ1n) is 11.2. The number of benzene rings is 2. The number of aromatic nitrogens is 2. The Bertz CT molecular complexity index is 1230. The molecule has 3 aromatic rings. The molecule has 0 bridgehead atoms. The average molecular weight is 514 g/mol. The maximum absolute atomic E-state index is 13.7. The van der Waals surface area contributed by atoms with Crippen molar-refractivity contribution in [1.29, 1.82) is 0 Å². The number of nitrogens with zero attached hydrogens (tertiary/aromatic N) is 3. The van der Waals surface area contributed by atoms with Crippen LogP contribution in [0, 0.1) is 35.6 Å². The zero-order valence-corrected chi connectivity index (χ0v) is 20.1. The molecule has 0 saturated carbocycles. The molecule has 37 heavy (non-hydrogen) atoms. The quantitative estimate of drug-likeness (QED) is 0.174. The molecule has 1 heterocycles. The maximum Gasteiger partial charge on any atom is 0.353 e.